The lowest BCUT2D eigenvalue weighted by molar-refractivity contribution is -0.117. The Kier molecular flexibility index (Phi) is 5.49. The lowest BCUT2D eigenvalue weighted by Gasteiger charge is -2.61. The molecule has 0 amide bonds. The van der Waals surface area contributed by atoms with E-state index in [1.807, 2.05) is 6.92 Å². The molecule has 162 valence electrons. The molecule has 8 atom stereocenters. The Labute approximate surface area is 186 Å². The molecule has 3 fully saturated rings. The Morgan fingerprint density at radius 2 is 1.93 bits per heavy atom. The minimum Gasteiger partial charge on any atom is -0.390 e. The molecule has 0 spiro atoms. The molecule has 2 nitrogen and oxygen atoms in total. The number of Topliss-reactive ketones (excluding diaryl/α,β-unsaturated/α-hetero) is 1. The van der Waals surface area contributed by atoms with E-state index in [9.17, 15) is 9.90 Å². The highest BCUT2D eigenvalue weighted by Crippen LogP contribution is 2.72. The second-order valence-corrected chi connectivity index (χ2v) is 12.5. The van der Waals surface area contributed by atoms with Crippen LogP contribution in [-0.2, 0) is 4.79 Å². The van der Waals surface area contributed by atoms with Crippen molar-refractivity contribution in [3.8, 4) is 0 Å². The Bertz CT molecular complexity index is 741. The zero-order valence-electron chi connectivity index (χ0n) is 19.8. The molecule has 0 saturated heterocycles. The van der Waals surface area contributed by atoms with Crippen LogP contribution in [0.2, 0.25) is 5.21 Å². The standard InChI is InChI=1S/C26H40B2O2/c1-16(6-7-17(2)29)21-15-26(27,28)22-19-9-8-18-14-23(3,30)12-13-24(18,4)20(19)10-11-25(21,22)5/h8,16,19-22,30H,6-7,9-15H2,1-5H3/t16-,19?,20?,21?,22?,23+,24?,25?/m1/s1. The van der Waals surface area contributed by atoms with Crippen molar-refractivity contribution in [2.24, 2.45) is 40.4 Å². The number of fused-ring (bicyclic) bond motifs is 5. The predicted octanol–water partition coefficient (Wildman–Crippen LogP) is 5.38. The van der Waals surface area contributed by atoms with E-state index in [4.69, 9.17) is 15.7 Å². The Morgan fingerprint density at radius 3 is 2.60 bits per heavy atom. The van der Waals surface area contributed by atoms with E-state index in [0.717, 1.165) is 38.5 Å². The van der Waals surface area contributed by atoms with Crippen LogP contribution in [0.3, 0.4) is 0 Å². The summed E-state index contributed by atoms with van der Waals surface area (Å²) in [6.45, 7) is 10.9. The van der Waals surface area contributed by atoms with Crippen LogP contribution in [0, 0.1) is 40.4 Å². The Hall–Kier alpha value is -0.500. The van der Waals surface area contributed by atoms with Crippen LogP contribution in [0.5, 0.6) is 0 Å². The molecule has 0 aliphatic heterocycles. The van der Waals surface area contributed by atoms with Gasteiger partial charge in [-0.25, -0.2) is 0 Å². The van der Waals surface area contributed by atoms with Crippen LogP contribution < -0.4 is 0 Å². The number of carbonyl (C=O) groups is 1. The first-order chi connectivity index (χ1) is 13.8. The molecule has 4 rings (SSSR count). The van der Waals surface area contributed by atoms with Gasteiger partial charge in [0.2, 0.25) is 0 Å². The minimum absolute atomic E-state index is 0.155. The minimum atomic E-state index is -0.630. The molecule has 0 aromatic rings. The highest BCUT2D eigenvalue weighted by atomic mass is 16.3. The lowest BCUT2D eigenvalue weighted by Crippen LogP contribution is -2.53. The molecule has 1 N–H and O–H groups in total. The van der Waals surface area contributed by atoms with Crippen molar-refractivity contribution in [2.45, 2.75) is 103 Å². The van der Waals surface area contributed by atoms with Crippen molar-refractivity contribution in [1.82, 2.24) is 0 Å². The fraction of sp³-hybridized carbons (Fsp3) is 0.885. The van der Waals surface area contributed by atoms with Crippen LogP contribution in [0.25, 0.3) is 0 Å². The second-order valence-electron chi connectivity index (χ2n) is 12.5. The van der Waals surface area contributed by atoms with Crippen LogP contribution in [0.1, 0.15) is 92.4 Å². The summed E-state index contributed by atoms with van der Waals surface area (Å²) in [7, 11) is 13.8. The molecule has 4 aliphatic carbocycles. The van der Waals surface area contributed by atoms with Gasteiger partial charge in [0.1, 0.15) is 5.78 Å². The molecule has 4 radical (unpaired) electrons. The van der Waals surface area contributed by atoms with Crippen LogP contribution in [0.4, 0.5) is 0 Å². The summed E-state index contributed by atoms with van der Waals surface area (Å²) in [5.74, 6) is 2.71. The van der Waals surface area contributed by atoms with Crippen molar-refractivity contribution < 1.29 is 9.90 Å². The summed E-state index contributed by atoms with van der Waals surface area (Å²) in [5, 5.41) is 10.0. The van der Waals surface area contributed by atoms with Crippen molar-refractivity contribution in [1.29, 1.82) is 0 Å². The molecule has 0 heterocycles. The number of hydrogen-bond acceptors (Lipinski definition) is 2. The quantitative estimate of drug-likeness (QED) is 0.503. The molecule has 0 bridgehead atoms. The summed E-state index contributed by atoms with van der Waals surface area (Å²) in [6, 6.07) is 0. The van der Waals surface area contributed by atoms with Gasteiger partial charge < -0.3 is 9.90 Å². The van der Waals surface area contributed by atoms with Crippen LogP contribution >= 0.6 is 0 Å². The highest BCUT2D eigenvalue weighted by molar-refractivity contribution is 6.40. The molecule has 0 aromatic carbocycles. The molecule has 30 heavy (non-hydrogen) atoms. The third-order valence-corrected chi connectivity index (χ3v) is 10.2. The fourth-order valence-electron chi connectivity index (χ4n) is 8.70. The van der Waals surface area contributed by atoms with Gasteiger partial charge >= 0.3 is 0 Å². The average molecular weight is 406 g/mol. The van der Waals surface area contributed by atoms with Crippen molar-refractivity contribution in [3.05, 3.63) is 11.6 Å². The van der Waals surface area contributed by atoms with Gasteiger partial charge in [0.15, 0.2) is 0 Å². The van der Waals surface area contributed by atoms with Gasteiger partial charge in [-0.3, -0.25) is 0 Å². The lowest BCUT2D eigenvalue weighted by atomic mass is 9.38. The molecule has 4 heteroatoms. The number of carbonyl (C=O) groups excluding carboxylic acids is 1. The summed E-state index contributed by atoms with van der Waals surface area (Å²) >= 11 is 0. The van der Waals surface area contributed by atoms with E-state index in [2.05, 4.69) is 26.8 Å². The number of hydrogen-bond donors (Lipinski definition) is 1. The molecule has 3 saturated carbocycles. The van der Waals surface area contributed by atoms with E-state index < -0.39 is 10.8 Å². The molecule has 4 aliphatic rings. The van der Waals surface area contributed by atoms with Gasteiger partial charge in [-0.15, -0.1) is 0 Å². The molecule has 0 aromatic heterocycles. The average Bonchev–Trinajstić information content (AvgIpc) is 2.86. The van der Waals surface area contributed by atoms with Crippen molar-refractivity contribution in [2.75, 3.05) is 0 Å². The summed E-state index contributed by atoms with van der Waals surface area (Å²) < 4.78 is 0. The van der Waals surface area contributed by atoms with Crippen LogP contribution in [0.15, 0.2) is 11.6 Å². The zero-order chi connectivity index (χ0) is 22.1. The van der Waals surface area contributed by atoms with Crippen molar-refractivity contribution in [3.63, 3.8) is 0 Å². The maximum Gasteiger partial charge on any atom is 0.129 e. The number of rotatable bonds is 4. The Balaban J connectivity index is 1.64. The third kappa shape index (κ3) is 3.48. The summed E-state index contributed by atoms with van der Waals surface area (Å²) in [5.41, 5.74) is 1.26. The number of allylic oxidation sites excluding steroid dienone is 1. The topological polar surface area (TPSA) is 37.3 Å². The zero-order valence-corrected chi connectivity index (χ0v) is 19.8. The van der Waals surface area contributed by atoms with Gasteiger partial charge in [-0.05, 0) is 99.2 Å². The highest BCUT2D eigenvalue weighted by Gasteiger charge is 2.64. The summed E-state index contributed by atoms with van der Waals surface area (Å²) in [4.78, 5) is 11.6. The first kappa shape index (κ1) is 22.7. The maximum atomic E-state index is 11.6. The van der Waals surface area contributed by atoms with Gasteiger partial charge in [-0.2, -0.15) is 0 Å². The third-order valence-electron chi connectivity index (χ3n) is 10.2. The Morgan fingerprint density at radius 1 is 1.23 bits per heavy atom. The maximum absolute atomic E-state index is 11.6. The van der Waals surface area contributed by atoms with Gasteiger partial charge in [-0.1, -0.05) is 44.1 Å². The fourth-order valence-corrected chi connectivity index (χ4v) is 8.70. The number of ketones is 1. The van der Waals surface area contributed by atoms with E-state index >= 15 is 0 Å². The van der Waals surface area contributed by atoms with Crippen LogP contribution in [-0.4, -0.2) is 32.2 Å². The summed E-state index contributed by atoms with van der Waals surface area (Å²) in [6.07, 6.45) is 11.2. The molecular weight excluding hydrogens is 366 g/mol. The van der Waals surface area contributed by atoms with E-state index in [1.54, 1.807) is 6.92 Å². The van der Waals surface area contributed by atoms with Gasteiger partial charge in [0.25, 0.3) is 0 Å². The van der Waals surface area contributed by atoms with Gasteiger partial charge in [0, 0.05) is 6.42 Å². The van der Waals surface area contributed by atoms with Gasteiger partial charge in [0.05, 0.1) is 21.3 Å². The second kappa shape index (κ2) is 7.26. The first-order valence-corrected chi connectivity index (χ1v) is 12.3. The smallest absolute Gasteiger partial charge is 0.129 e. The van der Waals surface area contributed by atoms with E-state index in [-0.39, 0.29) is 16.6 Å². The van der Waals surface area contributed by atoms with Crippen molar-refractivity contribution >= 4 is 21.5 Å². The SMILES string of the molecule is [B]C1([B])CC([C@H](C)CCC(C)=O)C2(C)CCC3C(CC=C4C[C@@](C)(O)CCC43C)C12. The van der Waals surface area contributed by atoms with E-state index in [1.165, 1.54) is 18.4 Å². The normalized spacial score (nSPS) is 48.1. The number of aliphatic hydroxyl groups is 1. The largest absolute Gasteiger partial charge is 0.390 e. The molecular formula is C26H40B2O2. The predicted molar refractivity (Wildman–Crippen MR) is 124 cm³/mol. The van der Waals surface area contributed by atoms with E-state index in [0.29, 0.717) is 36.0 Å². The molecule has 6 unspecified atom stereocenters. The monoisotopic (exact) mass is 406 g/mol. The first-order valence-electron chi connectivity index (χ1n) is 12.3.